The number of ether oxygens (including phenoxy) is 1. The molecule has 0 radical (unpaired) electrons. The van der Waals surface area contributed by atoms with Gasteiger partial charge in [-0.05, 0) is 75.1 Å². The predicted molar refractivity (Wildman–Crippen MR) is 212 cm³/mol. The van der Waals surface area contributed by atoms with E-state index in [0.717, 1.165) is 31.4 Å². The Balaban J connectivity index is 0.771. The van der Waals surface area contributed by atoms with Gasteiger partial charge in [0.2, 0.25) is 11.8 Å². The molecular formula is C41H46F3N11O5. The van der Waals surface area contributed by atoms with E-state index in [1.807, 2.05) is 12.1 Å². The van der Waals surface area contributed by atoms with Crippen molar-refractivity contribution in [1.29, 1.82) is 0 Å². The van der Waals surface area contributed by atoms with Gasteiger partial charge in [0, 0.05) is 51.4 Å². The van der Waals surface area contributed by atoms with Gasteiger partial charge in [0.15, 0.2) is 11.3 Å². The van der Waals surface area contributed by atoms with Crippen LogP contribution in [0, 0.1) is 5.92 Å². The summed E-state index contributed by atoms with van der Waals surface area (Å²) in [5.41, 5.74) is 1.44. The lowest BCUT2D eigenvalue weighted by Crippen LogP contribution is -2.44. The van der Waals surface area contributed by atoms with Crippen molar-refractivity contribution in [3.05, 3.63) is 70.2 Å². The number of amides is 3. The molecule has 1 aliphatic carbocycles. The second kappa shape index (κ2) is 15.2. The maximum atomic E-state index is 16.2. The molecule has 3 amide bonds. The van der Waals surface area contributed by atoms with Gasteiger partial charge in [-0.25, -0.2) is 27.5 Å². The SMILES string of the molecule is Cn1c(=O)n(C2CCC(=O)NC2=O)c2cccc([C@@H]3CCN(CC4CCC(n5cc(NC(=O)c6cnn7ccc(N8C[C@H]9C[C@@H]8CO9)nc67)c(C(F)F)n5)CC4)C[C@H]3F)c21. The van der Waals surface area contributed by atoms with Crippen molar-refractivity contribution in [3.63, 3.8) is 0 Å². The number of carbonyl (C=O) groups is 3. The Hall–Kier alpha value is -5.56. The minimum atomic E-state index is -2.90. The van der Waals surface area contributed by atoms with Gasteiger partial charge in [-0.2, -0.15) is 10.2 Å². The van der Waals surface area contributed by atoms with E-state index in [0.29, 0.717) is 61.5 Å². The lowest BCUT2D eigenvalue weighted by atomic mass is 9.83. The number of fused-ring (bicyclic) bond motifs is 4. The fourth-order valence-electron chi connectivity index (χ4n) is 10.3. The number of likely N-dealkylation sites (tertiary alicyclic amines) is 1. The Morgan fingerprint density at radius 3 is 2.62 bits per heavy atom. The van der Waals surface area contributed by atoms with Crippen molar-refractivity contribution in [2.45, 2.75) is 94.1 Å². The lowest BCUT2D eigenvalue weighted by Gasteiger charge is -2.38. The first-order chi connectivity index (χ1) is 29.0. The van der Waals surface area contributed by atoms with Gasteiger partial charge in [-0.3, -0.25) is 33.5 Å². The van der Waals surface area contributed by atoms with Gasteiger partial charge < -0.3 is 19.9 Å². The monoisotopic (exact) mass is 829 g/mol. The van der Waals surface area contributed by atoms with E-state index in [1.54, 1.807) is 30.1 Å². The minimum Gasteiger partial charge on any atom is -0.374 e. The Labute approximate surface area is 341 Å². The Bertz CT molecular complexity index is 2560. The Morgan fingerprint density at radius 1 is 1.05 bits per heavy atom. The molecule has 2 bridgehead atoms. The summed E-state index contributed by atoms with van der Waals surface area (Å²) >= 11 is 0. The predicted octanol–water partition coefficient (Wildman–Crippen LogP) is 4.28. The molecule has 1 aromatic carbocycles. The van der Waals surface area contributed by atoms with Crippen molar-refractivity contribution in [3.8, 4) is 0 Å². The molecule has 1 saturated carbocycles. The van der Waals surface area contributed by atoms with E-state index in [9.17, 15) is 28.0 Å². The van der Waals surface area contributed by atoms with Crippen LogP contribution in [0.15, 0.2) is 47.7 Å². The number of nitrogens with zero attached hydrogens (tertiary/aromatic N) is 9. The molecule has 16 nitrogen and oxygen atoms in total. The van der Waals surface area contributed by atoms with Crippen LogP contribution in [0.5, 0.6) is 0 Å². The zero-order valence-electron chi connectivity index (χ0n) is 33.1. The van der Waals surface area contributed by atoms with E-state index in [-0.39, 0.29) is 66.3 Å². The molecule has 8 heterocycles. The van der Waals surface area contributed by atoms with E-state index >= 15 is 4.39 Å². The number of carbonyl (C=O) groups excluding carboxylic acids is 3. The fourth-order valence-corrected chi connectivity index (χ4v) is 10.3. The van der Waals surface area contributed by atoms with Crippen LogP contribution >= 0.6 is 0 Å². The van der Waals surface area contributed by atoms with Crippen LogP contribution in [0.3, 0.4) is 0 Å². The average molecular weight is 830 g/mol. The molecule has 4 aliphatic heterocycles. The van der Waals surface area contributed by atoms with Crippen LogP contribution < -0.4 is 21.2 Å². The zero-order chi connectivity index (χ0) is 41.4. The first kappa shape index (κ1) is 38.6. The molecular weight excluding hydrogens is 784 g/mol. The van der Waals surface area contributed by atoms with Gasteiger partial charge in [-0.1, -0.05) is 12.1 Å². The van der Waals surface area contributed by atoms with E-state index in [1.165, 1.54) is 26.0 Å². The van der Waals surface area contributed by atoms with Gasteiger partial charge >= 0.3 is 5.69 Å². The first-order valence-corrected chi connectivity index (χ1v) is 20.8. The first-order valence-electron chi connectivity index (χ1n) is 20.8. The number of benzene rings is 1. The van der Waals surface area contributed by atoms with Crippen molar-refractivity contribution >= 4 is 45.9 Å². The second-order valence-electron chi connectivity index (χ2n) is 17.0. The van der Waals surface area contributed by atoms with Crippen molar-refractivity contribution < 1.29 is 32.3 Å². The summed E-state index contributed by atoms with van der Waals surface area (Å²) in [6.45, 7) is 2.96. The summed E-state index contributed by atoms with van der Waals surface area (Å²) < 4.78 is 56.5. The van der Waals surface area contributed by atoms with Crippen molar-refractivity contribution in [2.24, 2.45) is 13.0 Å². The molecule has 5 fully saturated rings. The highest BCUT2D eigenvalue weighted by Gasteiger charge is 2.40. The summed E-state index contributed by atoms with van der Waals surface area (Å²) in [5, 5.41) is 13.5. The van der Waals surface area contributed by atoms with Crippen molar-refractivity contribution in [1.82, 2.24) is 43.7 Å². The van der Waals surface area contributed by atoms with Gasteiger partial charge in [0.1, 0.15) is 23.6 Å². The third kappa shape index (κ3) is 6.74. The van der Waals surface area contributed by atoms with E-state index in [4.69, 9.17) is 9.72 Å². The number of hydrogen-bond acceptors (Lipinski definition) is 10. The minimum absolute atomic E-state index is 0.0539. The largest absolute Gasteiger partial charge is 0.374 e. The van der Waals surface area contributed by atoms with Crippen LogP contribution in [-0.4, -0.2) is 107 Å². The van der Waals surface area contributed by atoms with Crippen molar-refractivity contribution in [2.75, 3.05) is 43.0 Å². The Kier molecular flexibility index (Phi) is 9.76. The van der Waals surface area contributed by atoms with Gasteiger partial charge in [0.25, 0.3) is 12.3 Å². The highest BCUT2D eigenvalue weighted by Crippen LogP contribution is 2.39. The number of alkyl halides is 3. The molecule has 316 valence electrons. The van der Waals surface area contributed by atoms with Gasteiger partial charge in [0.05, 0.1) is 47.7 Å². The highest BCUT2D eigenvalue weighted by molar-refractivity contribution is 6.08. The van der Waals surface area contributed by atoms with Gasteiger partial charge in [-0.15, -0.1) is 0 Å². The number of anilines is 2. The number of hydrogen-bond donors (Lipinski definition) is 2. The molecule has 5 atom stereocenters. The number of morpholine rings is 1. The maximum absolute atomic E-state index is 16.2. The molecule has 19 heteroatoms. The Morgan fingerprint density at radius 2 is 1.88 bits per heavy atom. The van der Waals surface area contributed by atoms with Crippen LogP contribution in [0.4, 0.5) is 24.7 Å². The number of rotatable bonds is 9. The number of imidazole rings is 1. The standard InChI is InChI=1S/C41H46F3N11O5/c1-50-36-27(3-2-4-31(36)55(41(50)59)32-9-10-34(56)48-40(32)58)26-11-13-51(19-29(26)42)17-22-5-7-23(8-6-22)54-20-30(35(49-54)37(43)44)46-39(57)28-16-45-53-14-12-33(47-38(28)53)52-18-25-15-24(52)21-60-25/h2-4,12,14,16,20,22-26,29,32,37H,5-11,13,15,17-19,21H2,1H3,(H,46,57)(H,48,56,58)/t22?,23?,24-,25-,26+,29-,32?/m1/s1. The topological polar surface area (TPSA) is 166 Å². The quantitative estimate of drug-likeness (QED) is 0.205. The van der Waals surface area contributed by atoms with E-state index < -0.39 is 42.1 Å². The normalized spacial score (nSPS) is 27.4. The smallest absolute Gasteiger partial charge is 0.329 e. The second-order valence-corrected chi connectivity index (χ2v) is 17.0. The molecule has 0 spiro atoms. The molecule has 1 unspecified atom stereocenters. The number of imide groups is 1. The number of aryl methyl sites for hydroxylation is 1. The summed E-state index contributed by atoms with van der Waals surface area (Å²) in [5.74, 6) is -0.923. The van der Waals surface area contributed by atoms with E-state index in [2.05, 4.69) is 30.6 Å². The molecule has 5 aromatic rings. The van der Waals surface area contributed by atoms with Crippen LogP contribution in [0.25, 0.3) is 16.7 Å². The summed E-state index contributed by atoms with van der Waals surface area (Å²) in [6, 6.07) is 6.53. The van der Waals surface area contributed by atoms with Crippen LogP contribution in [0.2, 0.25) is 0 Å². The summed E-state index contributed by atoms with van der Waals surface area (Å²) in [6.07, 6.45) is 5.53. The lowest BCUT2D eigenvalue weighted by molar-refractivity contribution is -0.135. The highest BCUT2D eigenvalue weighted by atomic mass is 19.3. The maximum Gasteiger partial charge on any atom is 0.329 e. The number of nitrogens with one attached hydrogen (secondary N) is 2. The zero-order valence-corrected chi connectivity index (χ0v) is 33.1. The number of halogens is 3. The molecule has 4 saturated heterocycles. The fraction of sp³-hybridized carbons (Fsp3) is 0.537. The molecule has 4 aromatic heterocycles. The molecule has 10 rings (SSSR count). The number of para-hydroxylation sites is 1. The molecule has 5 aliphatic rings. The number of aromatic nitrogens is 7. The van der Waals surface area contributed by atoms with Crippen LogP contribution in [0.1, 0.15) is 97.4 Å². The molecule has 2 N–H and O–H groups in total. The summed E-state index contributed by atoms with van der Waals surface area (Å²) in [7, 11) is 1.63. The number of piperidine rings is 2. The summed E-state index contributed by atoms with van der Waals surface area (Å²) in [4.78, 5) is 60.5. The third-order valence-electron chi connectivity index (χ3n) is 13.4. The molecule has 60 heavy (non-hydrogen) atoms. The average Bonchev–Trinajstić information content (AvgIpc) is 4.08. The van der Waals surface area contributed by atoms with Crippen LogP contribution in [-0.2, 0) is 21.4 Å². The third-order valence-corrected chi connectivity index (χ3v) is 13.4.